The highest BCUT2D eigenvalue weighted by atomic mass is 16.5. The fourth-order valence-corrected chi connectivity index (χ4v) is 4.40. The molecule has 1 spiro atoms. The van der Waals surface area contributed by atoms with E-state index in [-0.39, 0.29) is 23.3 Å². The molecule has 3 amide bonds. The van der Waals surface area contributed by atoms with Gasteiger partial charge >= 0.3 is 6.03 Å². The van der Waals surface area contributed by atoms with Gasteiger partial charge in [0.05, 0.1) is 5.92 Å². The lowest BCUT2D eigenvalue weighted by atomic mass is 9.71. The van der Waals surface area contributed by atoms with E-state index < -0.39 is 0 Å². The van der Waals surface area contributed by atoms with Gasteiger partial charge in [-0.3, -0.25) is 4.79 Å². The van der Waals surface area contributed by atoms with Crippen molar-refractivity contribution >= 4 is 11.9 Å². The van der Waals surface area contributed by atoms with Gasteiger partial charge < -0.3 is 19.9 Å². The summed E-state index contributed by atoms with van der Waals surface area (Å²) in [4.78, 5) is 28.8. The molecule has 6 nitrogen and oxygen atoms in total. The number of amides is 3. The maximum Gasteiger partial charge on any atom is 0.317 e. The van der Waals surface area contributed by atoms with E-state index in [2.05, 4.69) is 5.32 Å². The van der Waals surface area contributed by atoms with E-state index in [1.165, 1.54) is 12.8 Å². The van der Waals surface area contributed by atoms with Crippen LogP contribution in [0.5, 0.6) is 0 Å². The number of likely N-dealkylation sites (tertiary alicyclic amines) is 1. The van der Waals surface area contributed by atoms with Gasteiger partial charge in [-0.1, -0.05) is 12.8 Å². The second kappa shape index (κ2) is 6.67. The highest BCUT2D eigenvalue weighted by Gasteiger charge is 2.52. The van der Waals surface area contributed by atoms with Gasteiger partial charge in [-0.2, -0.15) is 0 Å². The fraction of sp³-hybridized carbons (Fsp3) is 0.882. The van der Waals surface area contributed by atoms with Crippen molar-refractivity contribution in [2.24, 2.45) is 11.3 Å². The van der Waals surface area contributed by atoms with Crippen LogP contribution in [0.4, 0.5) is 4.79 Å². The molecule has 0 aromatic rings. The minimum atomic E-state index is -0.105. The molecule has 3 rings (SSSR count). The zero-order chi connectivity index (χ0) is 16.4. The molecule has 130 valence electrons. The topological polar surface area (TPSA) is 61.9 Å². The third kappa shape index (κ3) is 3.32. The van der Waals surface area contributed by atoms with E-state index in [0.29, 0.717) is 32.3 Å². The molecular formula is C17H29N3O3. The van der Waals surface area contributed by atoms with Gasteiger partial charge in [-0.05, 0) is 25.7 Å². The summed E-state index contributed by atoms with van der Waals surface area (Å²) in [5.74, 6) is 0.0406. The summed E-state index contributed by atoms with van der Waals surface area (Å²) < 4.78 is 5.50. The number of urea groups is 1. The molecule has 1 unspecified atom stereocenters. The Bertz CT molecular complexity index is 454. The van der Waals surface area contributed by atoms with Crippen LogP contribution >= 0.6 is 0 Å². The smallest absolute Gasteiger partial charge is 0.317 e. The van der Waals surface area contributed by atoms with Crippen molar-refractivity contribution in [1.29, 1.82) is 0 Å². The van der Waals surface area contributed by atoms with E-state index in [0.717, 1.165) is 25.7 Å². The first-order valence-electron chi connectivity index (χ1n) is 8.86. The van der Waals surface area contributed by atoms with Gasteiger partial charge in [0.15, 0.2) is 0 Å². The molecule has 1 saturated carbocycles. The summed E-state index contributed by atoms with van der Waals surface area (Å²) >= 11 is 0. The van der Waals surface area contributed by atoms with Gasteiger partial charge in [0.25, 0.3) is 0 Å². The minimum absolute atomic E-state index is 0.0109. The SMILES string of the molecule is CN(C)C(=O)C1CN(C(=O)NC2CCCC2)CC12CCOCC2. The van der Waals surface area contributed by atoms with Crippen molar-refractivity contribution in [2.75, 3.05) is 40.4 Å². The van der Waals surface area contributed by atoms with E-state index in [1.807, 2.05) is 4.90 Å². The van der Waals surface area contributed by atoms with Gasteiger partial charge in [-0.15, -0.1) is 0 Å². The van der Waals surface area contributed by atoms with Crippen LogP contribution in [-0.2, 0) is 9.53 Å². The Morgan fingerprint density at radius 2 is 1.83 bits per heavy atom. The predicted octanol–water partition coefficient (Wildman–Crippen LogP) is 1.46. The summed E-state index contributed by atoms with van der Waals surface area (Å²) in [6.45, 7) is 2.60. The van der Waals surface area contributed by atoms with E-state index >= 15 is 0 Å². The number of carbonyl (C=O) groups excluding carboxylic acids is 2. The molecule has 1 N–H and O–H groups in total. The van der Waals surface area contributed by atoms with Crippen molar-refractivity contribution in [3.05, 3.63) is 0 Å². The van der Waals surface area contributed by atoms with Gasteiger partial charge in [0.1, 0.15) is 0 Å². The van der Waals surface area contributed by atoms with Crippen molar-refractivity contribution in [1.82, 2.24) is 15.1 Å². The molecule has 1 atom stereocenters. The van der Waals surface area contributed by atoms with Crippen molar-refractivity contribution < 1.29 is 14.3 Å². The Hall–Kier alpha value is -1.30. The van der Waals surface area contributed by atoms with Gasteiger partial charge in [0.2, 0.25) is 5.91 Å². The number of nitrogens with zero attached hydrogens (tertiary/aromatic N) is 2. The molecule has 3 aliphatic rings. The normalized spacial score (nSPS) is 27.4. The molecule has 0 radical (unpaired) electrons. The fourth-order valence-electron chi connectivity index (χ4n) is 4.40. The Morgan fingerprint density at radius 1 is 1.17 bits per heavy atom. The Kier molecular flexibility index (Phi) is 4.80. The molecule has 6 heteroatoms. The molecule has 23 heavy (non-hydrogen) atoms. The predicted molar refractivity (Wildman–Crippen MR) is 87.0 cm³/mol. The summed E-state index contributed by atoms with van der Waals surface area (Å²) in [5.41, 5.74) is -0.105. The summed E-state index contributed by atoms with van der Waals surface area (Å²) in [6.07, 6.45) is 6.30. The molecule has 1 aliphatic carbocycles. The average molecular weight is 323 g/mol. The first kappa shape index (κ1) is 16.6. The second-order valence-electron chi connectivity index (χ2n) is 7.57. The van der Waals surface area contributed by atoms with Crippen LogP contribution in [0.3, 0.4) is 0 Å². The van der Waals surface area contributed by atoms with E-state index in [1.54, 1.807) is 19.0 Å². The summed E-state index contributed by atoms with van der Waals surface area (Å²) in [7, 11) is 3.60. The lowest BCUT2D eigenvalue weighted by Gasteiger charge is -2.37. The lowest BCUT2D eigenvalue weighted by molar-refractivity contribution is -0.138. The maximum atomic E-state index is 12.7. The van der Waals surface area contributed by atoms with Gasteiger partial charge in [0, 0.05) is 51.9 Å². The molecular weight excluding hydrogens is 294 g/mol. The van der Waals surface area contributed by atoms with Crippen LogP contribution < -0.4 is 5.32 Å². The summed E-state index contributed by atoms with van der Waals surface area (Å²) in [5, 5.41) is 3.16. The number of ether oxygens (including phenoxy) is 1. The highest BCUT2D eigenvalue weighted by Crippen LogP contribution is 2.45. The number of nitrogens with one attached hydrogen (secondary N) is 1. The molecule has 0 bridgehead atoms. The highest BCUT2D eigenvalue weighted by molar-refractivity contribution is 5.82. The Balaban J connectivity index is 1.71. The second-order valence-corrected chi connectivity index (χ2v) is 7.57. The van der Waals surface area contributed by atoms with E-state index in [9.17, 15) is 9.59 Å². The third-order valence-electron chi connectivity index (χ3n) is 5.85. The Labute approximate surface area is 138 Å². The molecule has 3 fully saturated rings. The monoisotopic (exact) mass is 323 g/mol. The first-order chi connectivity index (χ1) is 11.0. The standard InChI is InChI=1S/C17H29N3O3/c1-19(2)15(21)14-11-20(12-17(14)7-9-23-10-8-17)16(22)18-13-5-3-4-6-13/h13-14H,3-12H2,1-2H3,(H,18,22). The number of rotatable bonds is 2. The third-order valence-corrected chi connectivity index (χ3v) is 5.85. The molecule has 0 aromatic heterocycles. The molecule has 2 heterocycles. The largest absolute Gasteiger partial charge is 0.381 e. The average Bonchev–Trinajstić information content (AvgIpc) is 3.15. The molecule has 2 saturated heterocycles. The quantitative estimate of drug-likeness (QED) is 0.837. The van der Waals surface area contributed by atoms with Crippen LogP contribution in [0.1, 0.15) is 38.5 Å². The zero-order valence-corrected chi connectivity index (χ0v) is 14.3. The van der Waals surface area contributed by atoms with Crippen LogP contribution in [0.2, 0.25) is 0 Å². The molecule has 2 aliphatic heterocycles. The van der Waals surface area contributed by atoms with E-state index in [4.69, 9.17) is 4.74 Å². The van der Waals surface area contributed by atoms with Crippen molar-refractivity contribution in [3.8, 4) is 0 Å². The number of hydrogen-bond donors (Lipinski definition) is 1. The first-order valence-corrected chi connectivity index (χ1v) is 8.86. The minimum Gasteiger partial charge on any atom is -0.381 e. The molecule has 0 aromatic carbocycles. The van der Waals surface area contributed by atoms with Crippen molar-refractivity contribution in [3.63, 3.8) is 0 Å². The van der Waals surface area contributed by atoms with Gasteiger partial charge in [-0.25, -0.2) is 4.79 Å². The number of carbonyl (C=O) groups is 2. The van der Waals surface area contributed by atoms with Crippen LogP contribution in [-0.4, -0.2) is 68.2 Å². The van der Waals surface area contributed by atoms with Crippen LogP contribution in [0.15, 0.2) is 0 Å². The lowest BCUT2D eigenvalue weighted by Crippen LogP contribution is -2.44. The van der Waals surface area contributed by atoms with Crippen LogP contribution in [0.25, 0.3) is 0 Å². The summed E-state index contributed by atoms with van der Waals surface area (Å²) in [6, 6.07) is 0.327. The Morgan fingerprint density at radius 3 is 2.43 bits per heavy atom. The van der Waals surface area contributed by atoms with Crippen LogP contribution in [0, 0.1) is 11.3 Å². The maximum absolute atomic E-state index is 12.7. The zero-order valence-electron chi connectivity index (χ0n) is 14.3. The van der Waals surface area contributed by atoms with Crippen molar-refractivity contribution in [2.45, 2.75) is 44.6 Å². The number of hydrogen-bond acceptors (Lipinski definition) is 3.